The molecule has 0 spiro atoms. The van der Waals surface area contributed by atoms with E-state index in [9.17, 15) is 0 Å². The lowest BCUT2D eigenvalue weighted by molar-refractivity contribution is 0.190. The summed E-state index contributed by atoms with van der Waals surface area (Å²) in [5.74, 6) is 1.65. The Morgan fingerprint density at radius 2 is 1.71 bits per heavy atom. The lowest BCUT2D eigenvalue weighted by Crippen LogP contribution is -2.31. The van der Waals surface area contributed by atoms with Crippen LogP contribution in [0.25, 0.3) is 21.3 Å². The van der Waals surface area contributed by atoms with E-state index in [4.69, 9.17) is 25.8 Å². The Bertz CT molecular complexity index is 894. The van der Waals surface area contributed by atoms with Gasteiger partial charge in [-0.3, -0.25) is 0 Å². The van der Waals surface area contributed by atoms with Crippen molar-refractivity contribution in [2.75, 3.05) is 52.0 Å². The van der Waals surface area contributed by atoms with Gasteiger partial charge in [-0.1, -0.05) is 12.1 Å². The van der Waals surface area contributed by atoms with E-state index in [2.05, 4.69) is 32.4 Å². The summed E-state index contributed by atoms with van der Waals surface area (Å²) in [5, 5.41) is 3.33. The fourth-order valence-electron chi connectivity index (χ4n) is 2.96. The Kier molecular flexibility index (Phi) is 7.44. The molecular weight excluding hydrogens is 398 g/mol. The molecule has 0 saturated carbocycles. The van der Waals surface area contributed by atoms with Crippen molar-refractivity contribution in [1.29, 1.82) is 0 Å². The van der Waals surface area contributed by atoms with Crippen molar-refractivity contribution in [3.8, 4) is 16.9 Å². The Morgan fingerprint density at radius 1 is 1.04 bits per heavy atom. The normalized spacial score (nSPS) is 11.1. The van der Waals surface area contributed by atoms with Crippen molar-refractivity contribution < 1.29 is 14.2 Å². The van der Waals surface area contributed by atoms with Gasteiger partial charge in [0.15, 0.2) is 0 Å². The third-order valence-corrected chi connectivity index (χ3v) is 5.33. The average molecular weight is 422 g/mol. The Morgan fingerprint density at radius 3 is 2.32 bits per heavy atom. The van der Waals surface area contributed by atoms with Gasteiger partial charge >= 0.3 is 0 Å². The van der Waals surface area contributed by atoms with Gasteiger partial charge in [-0.05, 0) is 36.2 Å². The molecule has 8 heteroatoms. The molecule has 150 valence electrons. The molecule has 0 fully saturated rings. The lowest BCUT2D eigenvalue weighted by Gasteiger charge is -2.24. The smallest absolute Gasteiger partial charge is 0.225 e. The maximum Gasteiger partial charge on any atom is 0.225 e. The number of ether oxygens (including phenoxy) is 3. The monoisotopic (exact) mass is 421 g/mol. The van der Waals surface area contributed by atoms with Gasteiger partial charge in [-0.2, -0.15) is 4.98 Å². The summed E-state index contributed by atoms with van der Waals surface area (Å²) in [5.41, 5.74) is 2.16. The van der Waals surface area contributed by atoms with Gasteiger partial charge in [-0.15, -0.1) is 11.3 Å². The zero-order valence-electron chi connectivity index (χ0n) is 16.3. The van der Waals surface area contributed by atoms with Gasteiger partial charge in [0.1, 0.15) is 16.4 Å². The Labute approximate surface area is 174 Å². The van der Waals surface area contributed by atoms with Crippen molar-refractivity contribution in [3.63, 3.8) is 0 Å². The highest BCUT2D eigenvalue weighted by Gasteiger charge is 2.19. The number of aromatic nitrogens is 2. The summed E-state index contributed by atoms with van der Waals surface area (Å²) < 4.78 is 16.1. The quantitative estimate of drug-likeness (QED) is 0.449. The van der Waals surface area contributed by atoms with E-state index < -0.39 is 0 Å². The highest BCUT2D eigenvalue weighted by atomic mass is 35.5. The molecule has 0 aliphatic heterocycles. The van der Waals surface area contributed by atoms with Crippen LogP contribution in [0.15, 0.2) is 29.6 Å². The van der Waals surface area contributed by atoms with Crippen LogP contribution in [0.4, 0.5) is 5.82 Å². The zero-order chi connectivity index (χ0) is 19.9. The minimum absolute atomic E-state index is 0.238. The first kappa shape index (κ1) is 20.8. The van der Waals surface area contributed by atoms with Crippen LogP contribution in [0.2, 0.25) is 5.28 Å². The van der Waals surface area contributed by atoms with Crippen LogP contribution >= 0.6 is 22.9 Å². The molecule has 0 bridgehead atoms. The number of rotatable bonds is 10. The van der Waals surface area contributed by atoms with E-state index >= 15 is 0 Å². The van der Waals surface area contributed by atoms with Gasteiger partial charge < -0.3 is 19.1 Å². The number of nitrogens with zero attached hydrogens (tertiary/aromatic N) is 3. The Balaban J connectivity index is 2.07. The minimum atomic E-state index is 0.238. The van der Waals surface area contributed by atoms with E-state index in [1.165, 1.54) is 0 Å². The van der Waals surface area contributed by atoms with Crippen LogP contribution in [0, 0.1) is 0 Å². The number of halogens is 1. The molecule has 1 aromatic carbocycles. The fourth-order valence-corrected chi connectivity index (χ4v) is 4.12. The van der Waals surface area contributed by atoms with Gasteiger partial charge in [-0.25, -0.2) is 4.98 Å². The third-order valence-electron chi connectivity index (χ3n) is 4.29. The first-order valence-corrected chi connectivity index (χ1v) is 10.3. The van der Waals surface area contributed by atoms with Crippen LogP contribution in [-0.4, -0.2) is 57.1 Å². The summed E-state index contributed by atoms with van der Waals surface area (Å²) in [7, 11) is 3.37. The van der Waals surface area contributed by atoms with Gasteiger partial charge in [0.05, 0.1) is 25.2 Å². The predicted octanol–water partition coefficient (Wildman–Crippen LogP) is 4.51. The molecule has 0 atom stereocenters. The molecule has 2 aromatic heterocycles. The highest BCUT2D eigenvalue weighted by molar-refractivity contribution is 7.17. The third kappa shape index (κ3) is 4.72. The lowest BCUT2D eigenvalue weighted by atomic mass is 10.1. The number of fused-ring (bicyclic) bond motifs is 1. The van der Waals surface area contributed by atoms with E-state index in [0.717, 1.165) is 32.9 Å². The molecule has 3 aromatic rings. The van der Waals surface area contributed by atoms with Crippen molar-refractivity contribution in [1.82, 2.24) is 9.97 Å². The van der Waals surface area contributed by atoms with Crippen LogP contribution < -0.4 is 9.64 Å². The summed E-state index contributed by atoms with van der Waals surface area (Å²) in [6.07, 6.45) is 0. The molecule has 3 rings (SSSR count). The molecule has 0 saturated heterocycles. The molecule has 0 radical (unpaired) electrons. The summed E-state index contributed by atoms with van der Waals surface area (Å²) in [6.45, 7) is 5.14. The molecule has 0 aliphatic rings. The molecule has 0 amide bonds. The average Bonchev–Trinajstić information content (AvgIpc) is 3.12. The zero-order valence-corrected chi connectivity index (χ0v) is 17.8. The molecule has 0 aliphatic carbocycles. The maximum absolute atomic E-state index is 6.23. The topological polar surface area (TPSA) is 56.7 Å². The van der Waals surface area contributed by atoms with E-state index in [1.807, 2.05) is 19.1 Å². The van der Waals surface area contributed by atoms with Gasteiger partial charge in [0, 0.05) is 38.3 Å². The van der Waals surface area contributed by atoms with E-state index in [1.54, 1.807) is 25.6 Å². The minimum Gasteiger partial charge on any atom is -0.494 e. The molecule has 6 nitrogen and oxygen atoms in total. The fraction of sp³-hybridized carbons (Fsp3) is 0.400. The summed E-state index contributed by atoms with van der Waals surface area (Å²) >= 11 is 7.79. The summed E-state index contributed by atoms with van der Waals surface area (Å²) in [6, 6.07) is 8.07. The molecule has 0 unspecified atom stereocenters. The second-order valence-electron chi connectivity index (χ2n) is 6.08. The van der Waals surface area contributed by atoms with Crippen LogP contribution in [-0.2, 0) is 9.47 Å². The van der Waals surface area contributed by atoms with Crippen LogP contribution in [0.3, 0.4) is 0 Å². The molecule has 0 N–H and O–H groups in total. The van der Waals surface area contributed by atoms with Crippen LogP contribution in [0.5, 0.6) is 5.75 Å². The molecule has 2 heterocycles. The largest absolute Gasteiger partial charge is 0.494 e. The summed E-state index contributed by atoms with van der Waals surface area (Å²) in [4.78, 5) is 12.0. The highest BCUT2D eigenvalue weighted by Crippen LogP contribution is 2.39. The first-order valence-electron chi connectivity index (χ1n) is 9.08. The second kappa shape index (κ2) is 10.0. The number of hydrogen-bond donors (Lipinski definition) is 0. The second-order valence-corrected chi connectivity index (χ2v) is 7.27. The number of benzene rings is 1. The van der Waals surface area contributed by atoms with Crippen molar-refractivity contribution >= 4 is 39.0 Å². The number of methoxy groups -OCH3 is 2. The molecule has 28 heavy (non-hydrogen) atoms. The van der Waals surface area contributed by atoms with Gasteiger partial charge in [0.25, 0.3) is 0 Å². The molecular formula is C20H24ClN3O3S. The van der Waals surface area contributed by atoms with E-state index in [0.29, 0.717) is 32.9 Å². The maximum atomic E-state index is 6.23. The number of hydrogen-bond acceptors (Lipinski definition) is 7. The Hall–Kier alpha value is -1.93. The number of thiophene rings is 1. The van der Waals surface area contributed by atoms with Crippen molar-refractivity contribution in [2.24, 2.45) is 0 Å². The standard InChI is InChI=1S/C20H24ClN3O3S/c1-4-27-15-7-5-14(6-8-15)16-13-28-19-17(16)18(22-20(21)23-19)24(9-11-25-2)10-12-26-3/h5-8,13H,4,9-12H2,1-3H3. The number of anilines is 1. The van der Waals surface area contributed by atoms with Crippen molar-refractivity contribution in [3.05, 3.63) is 34.9 Å². The van der Waals surface area contributed by atoms with Crippen molar-refractivity contribution in [2.45, 2.75) is 6.92 Å². The predicted molar refractivity (Wildman–Crippen MR) is 115 cm³/mol. The SMILES string of the molecule is CCOc1ccc(-c2csc3nc(Cl)nc(N(CCOC)CCOC)c23)cc1. The van der Waals surface area contributed by atoms with E-state index in [-0.39, 0.29) is 5.28 Å². The first-order chi connectivity index (χ1) is 13.7. The van der Waals surface area contributed by atoms with Gasteiger partial charge in [0.2, 0.25) is 5.28 Å². The van der Waals surface area contributed by atoms with Crippen LogP contribution in [0.1, 0.15) is 6.92 Å².